The van der Waals surface area contributed by atoms with Crippen LogP contribution in [0.4, 0.5) is 0 Å². The molecule has 1 saturated heterocycles. The fraction of sp³-hybridized carbons (Fsp3) is 0.375. The first-order chi connectivity index (χ1) is 10.6. The fourth-order valence-electron chi connectivity index (χ4n) is 2.98. The van der Waals surface area contributed by atoms with Crippen LogP contribution in [-0.2, 0) is 0 Å². The van der Waals surface area contributed by atoms with Crippen molar-refractivity contribution in [1.29, 1.82) is 0 Å². The van der Waals surface area contributed by atoms with E-state index in [-0.39, 0.29) is 30.1 Å². The molecule has 0 radical (unpaired) electrons. The Morgan fingerprint density at radius 3 is 2.86 bits per heavy atom. The molecule has 2 atom stereocenters. The molecule has 3 rings (SSSR count). The number of aromatic amines is 1. The summed E-state index contributed by atoms with van der Waals surface area (Å²) in [5, 5.41) is 13.7. The van der Waals surface area contributed by atoms with Crippen molar-refractivity contribution in [1.82, 2.24) is 9.88 Å². The van der Waals surface area contributed by atoms with Crippen molar-refractivity contribution in [2.24, 2.45) is 5.92 Å². The van der Waals surface area contributed by atoms with Gasteiger partial charge in [-0.15, -0.1) is 0 Å². The quantitative estimate of drug-likeness (QED) is 0.848. The van der Waals surface area contributed by atoms with E-state index < -0.39 is 0 Å². The second-order valence-corrected chi connectivity index (χ2v) is 6.45. The molecule has 6 heteroatoms. The van der Waals surface area contributed by atoms with Crippen LogP contribution in [0.5, 0.6) is 0 Å². The Balaban J connectivity index is 1.77. The molecule has 0 bridgehead atoms. The van der Waals surface area contributed by atoms with Crippen molar-refractivity contribution >= 4 is 23.0 Å². The Morgan fingerprint density at radius 2 is 2.27 bits per heavy atom. The Morgan fingerprint density at radius 1 is 1.45 bits per heavy atom. The normalized spacial score (nSPS) is 21.3. The Labute approximate surface area is 132 Å². The third-order valence-corrected chi connectivity index (χ3v) is 4.96. The van der Waals surface area contributed by atoms with Crippen molar-refractivity contribution in [2.45, 2.75) is 12.8 Å². The van der Waals surface area contributed by atoms with Gasteiger partial charge >= 0.3 is 0 Å². The zero-order valence-corrected chi connectivity index (χ0v) is 13.1. The molecule has 0 saturated carbocycles. The standard InChI is InChI=1S/C16H18N2O3S/c1-10(20)12-4-15(17-5-12)16(21)18-6-13(8-19)14(7-18)11-2-3-22-9-11/h2-5,9,13-14,17,19H,6-8H2,1H3/t13-,14-/m0/s1. The summed E-state index contributed by atoms with van der Waals surface area (Å²) in [6.07, 6.45) is 1.56. The molecule has 1 aliphatic heterocycles. The zero-order valence-electron chi connectivity index (χ0n) is 12.3. The van der Waals surface area contributed by atoms with Gasteiger partial charge in [0.1, 0.15) is 5.69 Å². The number of hydrogen-bond acceptors (Lipinski definition) is 4. The molecular weight excluding hydrogens is 300 g/mol. The first-order valence-electron chi connectivity index (χ1n) is 7.21. The third-order valence-electron chi connectivity index (χ3n) is 4.25. The molecule has 3 heterocycles. The van der Waals surface area contributed by atoms with Gasteiger partial charge in [0, 0.05) is 43.3 Å². The predicted molar refractivity (Wildman–Crippen MR) is 84.3 cm³/mol. The molecule has 0 aliphatic carbocycles. The van der Waals surface area contributed by atoms with E-state index in [2.05, 4.69) is 16.4 Å². The third kappa shape index (κ3) is 2.71. The average Bonchev–Trinajstić information content (AvgIpc) is 3.24. The number of nitrogens with zero attached hydrogens (tertiary/aromatic N) is 1. The lowest BCUT2D eigenvalue weighted by Gasteiger charge is -2.15. The minimum absolute atomic E-state index is 0.0563. The van der Waals surface area contributed by atoms with Gasteiger partial charge in [-0.1, -0.05) is 0 Å². The van der Waals surface area contributed by atoms with E-state index >= 15 is 0 Å². The lowest BCUT2D eigenvalue weighted by atomic mass is 9.92. The van der Waals surface area contributed by atoms with Crippen molar-refractivity contribution in [2.75, 3.05) is 19.7 Å². The maximum atomic E-state index is 12.6. The van der Waals surface area contributed by atoms with E-state index in [1.165, 1.54) is 12.5 Å². The summed E-state index contributed by atoms with van der Waals surface area (Å²) in [6, 6.07) is 3.64. The van der Waals surface area contributed by atoms with Crippen LogP contribution in [0.15, 0.2) is 29.1 Å². The van der Waals surface area contributed by atoms with Crippen LogP contribution in [-0.4, -0.2) is 46.4 Å². The molecule has 2 aromatic heterocycles. The van der Waals surface area contributed by atoms with Gasteiger partial charge in [-0.2, -0.15) is 11.3 Å². The van der Waals surface area contributed by atoms with E-state index in [1.807, 2.05) is 5.38 Å². The summed E-state index contributed by atoms with van der Waals surface area (Å²) >= 11 is 1.62. The van der Waals surface area contributed by atoms with Crippen molar-refractivity contribution in [3.63, 3.8) is 0 Å². The number of ketones is 1. The minimum Gasteiger partial charge on any atom is -0.396 e. The first kappa shape index (κ1) is 15.0. The molecule has 0 spiro atoms. The molecule has 1 aliphatic rings. The van der Waals surface area contributed by atoms with E-state index in [1.54, 1.807) is 28.5 Å². The highest BCUT2D eigenvalue weighted by Crippen LogP contribution is 2.34. The van der Waals surface area contributed by atoms with Gasteiger partial charge in [-0.25, -0.2) is 0 Å². The van der Waals surface area contributed by atoms with Crippen LogP contribution in [0.1, 0.15) is 39.3 Å². The van der Waals surface area contributed by atoms with Crippen molar-refractivity contribution < 1.29 is 14.7 Å². The van der Waals surface area contributed by atoms with Crippen LogP contribution in [0, 0.1) is 5.92 Å². The van der Waals surface area contributed by atoms with Gasteiger partial charge in [0.2, 0.25) is 0 Å². The fourth-order valence-corrected chi connectivity index (χ4v) is 3.70. The molecule has 0 aromatic carbocycles. The number of thiophene rings is 1. The van der Waals surface area contributed by atoms with Crippen LogP contribution in [0.2, 0.25) is 0 Å². The number of aliphatic hydroxyl groups is 1. The first-order valence-corrected chi connectivity index (χ1v) is 8.16. The van der Waals surface area contributed by atoms with E-state index in [4.69, 9.17) is 0 Å². The topological polar surface area (TPSA) is 73.4 Å². The second kappa shape index (κ2) is 6.06. The van der Waals surface area contributed by atoms with Gasteiger partial charge in [0.25, 0.3) is 5.91 Å². The van der Waals surface area contributed by atoms with E-state index in [9.17, 15) is 14.7 Å². The Hall–Kier alpha value is -1.92. The number of Topliss-reactive ketones (excluding diaryl/α,β-unsaturated/α-hetero) is 1. The average molecular weight is 318 g/mol. The Kier molecular flexibility index (Phi) is 4.13. The van der Waals surface area contributed by atoms with Gasteiger partial charge in [0.05, 0.1) is 0 Å². The number of aliphatic hydroxyl groups excluding tert-OH is 1. The number of hydrogen-bond donors (Lipinski definition) is 2. The lowest BCUT2D eigenvalue weighted by Crippen LogP contribution is -2.29. The second-order valence-electron chi connectivity index (χ2n) is 5.67. The highest BCUT2D eigenvalue weighted by Gasteiger charge is 2.36. The maximum Gasteiger partial charge on any atom is 0.270 e. The van der Waals surface area contributed by atoms with Gasteiger partial charge < -0.3 is 15.0 Å². The van der Waals surface area contributed by atoms with Gasteiger partial charge in [-0.3, -0.25) is 9.59 Å². The number of carbonyl (C=O) groups excluding carboxylic acids is 2. The van der Waals surface area contributed by atoms with Crippen LogP contribution < -0.4 is 0 Å². The monoisotopic (exact) mass is 318 g/mol. The number of nitrogens with one attached hydrogen (secondary N) is 1. The zero-order chi connectivity index (χ0) is 15.7. The number of amides is 1. The minimum atomic E-state index is -0.122. The van der Waals surface area contributed by atoms with Gasteiger partial charge in [0.15, 0.2) is 5.78 Å². The SMILES string of the molecule is CC(=O)c1c[nH]c(C(=O)N2C[C@@H](CO)[C@H](c3ccsc3)C2)c1. The smallest absolute Gasteiger partial charge is 0.270 e. The molecule has 0 unspecified atom stereocenters. The van der Waals surface area contributed by atoms with Gasteiger partial charge in [-0.05, 0) is 35.4 Å². The highest BCUT2D eigenvalue weighted by atomic mass is 32.1. The van der Waals surface area contributed by atoms with Crippen molar-refractivity contribution in [3.8, 4) is 0 Å². The number of rotatable bonds is 4. The number of H-pyrrole nitrogens is 1. The van der Waals surface area contributed by atoms with Crippen molar-refractivity contribution in [3.05, 3.63) is 45.9 Å². The summed E-state index contributed by atoms with van der Waals surface area (Å²) in [7, 11) is 0. The largest absolute Gasteiger partial charge is 0.396 e. The lowest BCUT2D eigenvalue weighted by molar-refractivity contribution is 0.0776. The number of likely N-dealkylation sites (tertiary alicyclic amines) is 1. The van der Waals surface area contributed by atoms with E-state index in [0.717, 1.165) is 0 Å². The summed E-state index contributed by atoms with van der Waals surface area (Å²) in [5.74, 6) is 0.0352. The van der Waals surface area contributed by atoms with E-state index in [0.29, 0.717) is 24.3 Å². The summed E-state index contributed by atoms with van der Waals surface area (Å²) in [6.45, 7) is 2.66. The number of carbonyl (C=O) groups is 2. The summed E-state index contributed by atoms with van der Waals surface area (Å²) in [5.41, 5.74) is 2.11. The molecule has 22 heavy (non-hydrogen) atoms. The molecule has 116 valence electrons. The van der Waals surface area contributed by atoms with Crippen LogP contribution >= 0.6 is 11.3 Å². The molecule has 5 nitrogen and oxygen atoms in total. The molecule has 2 N–H and O–H groups in total. The Bertz CT molecular complexity index is 677. The summed E-state index contributed by atoms with van der Waals surface area (Å²) in [4.78, 5) is 28.5. The van der Waals surface area contributed by atoms with Crippen LogP contribution in [0.25, 0.3) is 0 Å². The molecule has 2 aromatic rings. The molecule has 1 amide bonds. The molecular formula is C16H18N2O3S. The summed E-state index contributed by atoms with van der Waals surface area (Å²) < 4.78 is 0. The predicted octanol–water partition coefficient (Wildman–Crippen LogP) is 2.13. The molecule has 1 fully saturated rings. The highest BCUT2D eigenvalue weighted by molar-refractivity contribution is 7.08. The number of aromatic nitrogens is 1. The van der Waals surface area contributed by atoms with Crippen LogP contribution in [0.3, 0.4) is 0 Å². The maximum absolute atomic E-state index is 12.6.